The molecule has 1 aromatic heterocycles. The van der Waals surface area contributed by atoms with E-state index in [1.165, 1.54) is 0 Å². The van der Waals surface area contributed by atoms with Gasteiger partial charge in [-0.05, 0) is 25.3 Å². The maximum absolute atomic E-state index is 10.8. The predicted octanol–water partition coefficient (Wildman–Crippen LogP) is 1.42. The van der Waals surface area contributed by atoms with Gasteiger partial charge in [-0.3, -0.25) is 0 Å². The standard InChI is InChI=1S/C12H16N2O2/c1-10-13-8-11(9-14-10)12(2-5-15)3-6-16-7-4-12/h5,8-9H,2-4,6-7H2,1H3. The van der Waals surface area contributed by atoms with E-state index in [2.05, 4.69) is 9.97 Å². The first-order chi connectivity index (χ1) is 7.77. The number of hydrogen-bond donors (Lipinski definition) is 0. The van der Waals surface area contributed by atoms with Crippen molar-refractivity contribution in [1.82, 2.24) is 9.97 Å². The zero-order chi connectivity index (χ0) is 11.4. The van der Waals surface area contributed by atoms with Gasteiger partial charge in [-0.15, -0.1) is 0 Å². The topological polar surface area (TPSA) is 52.1 Å². The Hall–Kier alpha value is -1.29. The van der Waals surface area contributed by atoms with E-state index in [-0.39, 0.29) is 5.41 Å². The van der Waals surface area contributed by atoms with E-state index in [0.717, 1.165) is 30.5 Å². The summed E-state index contributed by atoms with van der Waals surface area (Å²) in [5.74, 6) is 0.761. The van der Waals surface area contributed by atoms with Crippen LogP contribution in [-0.4, -0.2) is 29.5 Å². The highest BCUT2D eigenvalue weighted by molar-refractivity contribution is 5.53. The molecule has 1 aliphatic rings. The van der Waals surface area contributed by atoms with E-state index in [1.54, 1.807) is 0 Å². The number of aryl methyl sites for hydroxylation is 1. The van der Waals surface area contributed by atoms with Crippen molar-refractivity contribution in [1.29, 1.82) is 0 Å². The van der Waals surface area contributed by atoms with Crippen LogP contribution in [0.4, 0.5) is 0 Å². The van der Waals surface area contributed by atoms with Gasteiger partial charge in [-0.25, -0.2) is 9.97 Å². The molecule has 1 saturated heterocycles. The summed E-state index contributed by atoms with van der Waals surface area (Å²) in [5.41, 5.74) is 0.960. The van der Waals surface area contributed by atoms with Crippen LogP contribution in [0, 0.1) is 6.92 Å². The van der Waals surface area contributed by atoms with Gasteiger partial charge in [0.2, 0.25) is 0 Å². The van der Waals surface area contributed by atoms with E-state index >= 15 is 0 Å². The van der Waals surface area contributed by atoms with Gasteiger partial charge in [0.05, 0.1) is 0 Å². The third kappa shape index (κ3) is 2.11. The first-order valence-corrected chi connectivity index (χ1v) is 5.57. The summed E-state index contributed by atoms with van der Waals surface area (Å²) in [6.45, 7) is 3.28. The highest BCUT2D eigenvalue weighted by Crippen LogP contribution is 2.36. The van der Waals surface area contributed by atoms with Crippen molar-refractivity contribution < 1.29 is 9.53 Å². The minimum Gasteiger partial charge on any atom is -0.381 e. The van der Waals surface area contributed by atoms with Crippen molar-refractivity contribution in [3.63, 3.8) is 0 Å². The van der Waals surface area contributed by atoms with Crippen LogP contribution in [0.5, 0.6) is 0 Å². The summed E-state index contributed by atoms with van der Waals surface area (Å²) < 4.78 is 5.36. The number of aldehydes is 1. The van der Waals surface area contributed by atoms with E-state index in [4.69, 9.17) is 4.74 Å². The summed E-state index contributed by atoms with van der Waals surface area (Å²) in [5, 5.41) is 0. The molecule has 16 heavy (non-hydrogen) atoms. The Balaban J connectivity index is 2.30. The van der Waals surface area contributed by atoms with Gasteiger partial charge in [0, 0.05) is 37.4 Å². The lowest BCUT2D eigenvalue weighted by Gasteiger charge is -2.35. The largest absolute Gasteiger partial charge is 0.381 e. The maximum atomic E-state index is 10.8. The van der Waals surface area contributed by atoms with Crippen LogP contribution in [0.2, 0.25) is 0 Å². The zero-order valence-corrected chi connectivity index (χ0v) is 9.48. The Bertz CT molecular complexity index is 356. The molecule has 2 heterocycles. The lowest BCUT2D eigenvalue weighted by atomic mass is 9.73. The van der Waals surface area contributed by atoms with Crippen molar-refractivity contribution in [2.45, 2.75) is 31.6 Å². The minimum atomic E-state index is -0.103. The van der Waals surface area contributed by atoms with Crippen molar-refractivity contribution in [3.05, 3.63) is 23.8 Å². The van der Waals surface area contributed by atoms with E-state index in [9.17, 15) is 4.79 Å². The number of rotatable bonds is 3. The van der Waals surface area contributed by atoms with Crippen LogP contribution in [0.1, 0.15) is 30.7 Å². The molecule has 4 heteroatoms. The zero-order valence-electron chi connectivity index (χ0n) is 9.48. The normalized spacial score (nSPS) is 19.3. The smallest absolute Gasteiger partial charge is 0.125 e. The van der Waals surface area contributed by atoms with E-state index in [1.807, 2.05) is 19.3 Å². The summed E-state index contributed by atoms with van der Waals surface area (Å²) in [6.07, 6.45) is 6.96. The molecule has 0 N–H and O–H groups in total. The molecule has 1 aliphatic heterocycles. The molecule has 0 amide bonds. The molecule has 0 saturated carbocycles. The number of ether oxygens (including phenoxy) is 1. The van der Waals surface area contributed by atoms with E-state index in [0.29, 0.717) is 19.6 Å². The van der Waals surface area contributed by atoms with Gasteiger partial charge in [0.15, 0.2) is 0 Å². The number of aromatic nitrogens is 2. The van der Waals surface area contributed by atoms with Crippen molar-refractivity contribution in [2.75, 3.05) is 13.2 Å². The van der Waals surface area contributed by atoms with Gasteiger partial charge in [0.25, 0.3) is 0 Å². The molecule has 0 atom stereocenters. The van der Waals surface area contributed by atoms with Gasteiger partial charge in [-0.1, -0.05) is 0 Å². The number of carbonyl (C=O) groups excluding carboxylic acids is 1. The number of nitrogens with zero attached hydrogens (tertiary/aromatic N) is 2. The fourth-order valence-corrected chi connectivity index (χ4v) is 2.20. The highest BCUT2D eigenvalue weighted by Gasteiger charge is 2.34. The Morgan fingerprint density at radius 1 is 1.38 bits per heavy atom. The summed E-state index contributed by atoms with van der Waals surface area (Å²) in [4.78, 5) is 19.3. The maximum Gasteiger partial charge on any atom is 0.125 e. The Morgan fingerprint density at radius 3 is 2.56 bits per heavy atom. The lowest BCUT2D eigenvalue weighted by Crippen LogP contribution is -2.34. The average Bonchev–Trinajstić information content (AvgIpc) is 2.31. The monoisotopic (exact) mass is 220 g/mol. The summed E-state index contributed by atoms with van der Waals surface area (Å²) >= 11 is 0. The Morgan fingerprint density at radius 2 is 2.00 bits per heavy atom. The molecule has 2 rings (SSSR count). The fourth-order valence-electron chi connectivity index (χ4n) is 2.20. The molecule has 0 radical (unpaired) electrons. The quantitative estimate of drug-likeness (QED) is 0.723. The van der Waals surface area contributed by atoms with Gasteiger partial charge < -0.3 is 9.53 Å². The Labute approximate surface area is 95.1 Å². The molecule has 1 fully saturated rings. The number of hydrogen-bond acceptors (Lipinski definition) is 4. The Kier molecular flexibility index (Phi) is 3.29. The third-order valence-electron chi connectivity index (χ3n) is 3.32. The van der Waals surface area contributed by atoms with Crippen LogP contribution in [0.15, 0.2) is 12.4 Å². The fraction of sp³-hybridized carbons (Fsp3) is 0.583. The second-order valence-corrected chi connectivity index (χ2v) is 4.28. The minimum absolute atomic E-state index is 0.103. The van der Waals surface area contributed by atoms with Crippen molar-refractivity contribution >= 4 is 6.29 Å². The molecular weight excluding hydrogens is 204 g/mol. The van der Waals surface area contributed by atoms with Crippen LogP contribution in [0.25, 0.3) is 0 Å². The van der Waals surface area contributed by atoms with Crippen LogP contribution >= 0.6 is 0 Å². The molecule has 86 valence electrons. The molecule has 0 unspecified atom stereocenters. The van der Waals surface area contributed by atoms with Gasteiger partial charge >= 0.3 is 0 Å². The first kappa shape index (κ1) is 11.2. The lowest BCUT2D eigenvalue weighted by molar-refractivity contribution is -0.109. The SMILES string of the molecule is Cc1ncc(C2(CC=O)CCOCC2)cn1. The van der Waals surface area contributed by atoms with Gasteiger partial charge in [0.1, 0.15) is 12.1 Å². The molecular formula is C12H16N2O2. The van der Waals surface area contributed by atoms with Crippen LogP contribution in [-0.2, 0) is 14.9 Å². The molecule has 1 aromatic rings. The molecule has 0 aliphatic carbocycles. The molecule has 0 bridgehead atoms. The highest BCUT2D eigenvalue weighted by atomic mass is 16.5. The first-order valence-electron chi connectivity index (χ1n) is 5.57. The molecule has 0 spiro atoms. The summed E-state index contributed by atoms with van der Waals surface area (Å²) in [7, 11) is 0. The molecule has 4 nitrogen and oxygen atoms in total. The third-order valence-corrected chi connectivity index (χ3v) is 3.32. The molecule has 0 aromatic carbocycles. The van der Waals surface area contributed by atoms with E-state index < -0.39 is 0 Å². The average molecular weight is 220 g/mol. The van der Waals surface area contributed by atoms with Gasteiger partial charge in [-0.2, -0.15) is 0 Å². The summed E-state index contributed by atoms with van der Waals surface area (Å²) in [6, 6.07) is 0. The second-order valence-electron chi connectivity index (χ2n) is 4.28. The van der Waals surface area contributed by atoms with Crippen LogP contribution < -0.4 is 0 Å². The second kappa shape index (κ2) is 4.70. The van der Waals surface area contributed by atoms with Crippen molar-refractivity contribution in [3.8, 4) is 0 Å². The van der Waals surface area contributed by atoms with Crippen LogP contribution in [0.3, 0.4) is 0 Å². The van der Waals surface area contributed by atoms with Crippen molar-refractivity contribution in [2.24, 2.45) is 0 Å². The predicted molar refractivity (Wildman–Crippen MR) is 59.2 cm³/mol. The number of carbonyl (C=O) groups is 1.